The van der Waals surface area contributed by atoms with Crippen molar-refractivity contribution < 1.29 is 4.79 Å². The van der Waals surface area contributed by atoms with Crippen molar-refractivity contribution in [3.8, 4) is 0 Å². The Balaban J connectivity index is 1.67. The van der Waals surface area contributed by atoms with E-state index in [1.807, 2.05) is 46.8 Å². The molecule has 3 aromatic rings. The zero-order chi connectivity index (χ0) is 16.5. The van der Waals surface area contributed by atoms with Crippen molar-refractivity contribution in [2.45, 2.75) is 32.5 Å². The molecule has 4 nitrogen and oxygen atoms in total. The van der Waals surface area contributed by atoms with E-state index in [1.165, 1.54) is 5.56 Å². The molecule has 0 fully saturated rings. The molecule has 0 radical (unpaired) electrons. The van der Waals surface area contributed by atoms with Crippen molar-refractivity contribution in [3.63, 3.8) is 0 Å². The second kappa shape index (κ2) is 6.24. The summed E-state index contributed by atoms with van der Waals surface area (Å²) >= 11 is 1.63. The third-order valence-electron chi connectivity index (χ3n) is 4.59. The number of fused-ring (bicyclic) bond motifs is 1. The van der Waals surface area contributed by atoms with Gasteiger partial charge in [0.15, 0.2) is 0 Å². The topological polar surface area (TPSA) is 38.1 Å². The number of hydrogen-bond acceptors (Lipinski definition) is 3. The molecular formula is C19H19N3OS. The van der Waals surface area contributed by atoms with Gasteiger partial charge in [-0.25, -0.2) is 4.98 Å². The Morgan fingerprint density at radius 3 is 2.83 bits per heavy atom. The minimum Gasteiger partial charge on any atom is -0.328 e. The van der Waals surface area contributed by atoms with Crippen molar-refractivity contribution in [1.29, 1.82) is 0 Å². The Morgan fingerprint density at radius 1 is 1.25 bits per heavy atom. The van der Waals surface area contributed by atoms with E-state index in [4.69, 9.17) is 0 Å². The van der Waals surface area contributed by atoms with E-state index in [1.54, 1.807) is 11.3 Å². The van der Waals surface area contributed by atoms with Crippen LogP contribution in [0, 0.1) is 6.92 Å². The zero-order valence-corrected chi connectivity index (χ0v) is 14.4. The second-order valence-electron chi connectivity index (χ2n) is 6.13. The molecule has 1 amide bonds. The fraction of sp³-hybridized carbons (Fsp3) is 0.263. The lowest BCUT2D eigenvalue weighted by atomic mass is 10.0. The first-order valence-electron chi connectivity index (χ1n) is 8.10. The molecule has 1 unspecified atom stereocenters. The van der Waals surface area contributed by atoms with Gasteiger partial charge in [0, 0.05) is 23.3 Å². The van der Waals surface area contributed by atoms with Crippen LogP contribution in [0.2, 0.25) is 0 Å². The summed E-state index contributed by atoms with van der Waals surface area (Å²) in [5, 5.41) is 2.02. The molecule has 2 aromatic heterocycles. The molecule has 4 rings (SSSR count). The average Bonchev–Trinajstić information content (AvgIpc) is 3.24. The smallest absolute Gasteiger partial charge is 0.228 e. The Hall–Kier alpha value is -2.40. The largest absolute Gasteiger partial charge is 0.328 e. The first-order chi connectivity index (χ1) is 11.7. The molecule has 122 valence electrons. The zero-order valence-electron chi connectivity index (χ0n) is 13.6. The van der Waals surface area contributed by atoms with Crippen LogP contribution in [0.15, 0.2) is 54.0 Å². The fourth-order valence-electron chi connectivity index (χ4n) is 3.31. The number of rotatable bonds is 3. The Bertz CT molecular complexity index is 839. The molecule has 1 atom stereocenters. The molecule has 1 aliphatic heterocycles. The van der Waals surface area contributed by atoms with E-state index in [2.05, 4.69) is 28.6 Å². The number of aromatic nitrogens is 2. The number of thiophene rings is 1. The number of aryl methyl sites for hydroxylation is 1. The SMILES string of the molecule is Cc1cnc2n1CC(c1ccccc1)N(C(=O)Cc1cccs1)C2. The van der Waals surface area contributed by atoms with Gasteiger partial charge < -0.3 is 9.47 Å². The van der Waals surface area contributed by atoms with Gasteiger partial charge in [-0.05, 0) is 23.9 Å². The lowest BCUT2D eigenvalue weighted by Gasteiger charge is -2.37. The number of carbonyl (C=O) groups excluding carboxylic acids is 1. The Labute approximate surface area is 145 Å². The van der Waals surface area contributed by atoms with Gasteiger partial charge in [0.2, 0.25) is 5.91 Å². The highest BCUT2D eigenvalue weighted by molar-refractivity contribution is 7.10. The Morgan fingerprint density at radius 2 is 2.08 bits per heavy atom. The molecule has 0 N–H and O–H groups in total. The van der Waals surface area contributed by atoms with Crippen LogP contribution in [0.3, 0.4) is 0 Å². The summed E-state index contributed by atoms with van der Waals surface area (Å²) in [5.74, 6) is 1.14. The molecule has 24 heavy (non-hydrogen) atoms. The van der Waals surface area contributed by atoms with Gasteiger partial charge in [-0.2, -0.15) is 0 Å². The van der Waals surface area contributed by atoms with Gasteiger partial charge in [-0.3, -0.25) is 4.79 Å². The van der Waals surface area contributed by atoms with Crippen LogP contribution in [0.25, 0.3) is 0 Å². The molecule has 0 saturated heterocycles. The first-order valence-corrected chi connectivity index (χ1v) is 8.98. The lowest BCUT2D eigenvalue weighted by Crippen LogP contribution is -2.42. The fourth-order valence-corrected chi connectivity index (χ4v) is 4.00. The van der Waals surface area contributed by atoms with Crippen molar-refractivity contribution in [3.05, 3.63) is 76.0 Å². The van der Waals surface area contributed by atoms with Crippen LogP contribution < -0.4 is 0 Å². The molecule has 1 aliphatic rings. The van der Waals surface area contributed by atoms with Crippen molar-refractivity contribution in [2.75, 3.05) is 0 Å². The summed E-state index contributed by atoms with van der Waals surface area (Å²) in [4.78, 5) is 20.5. The highest BCUT2D eigenvalue weighted by atomic mass is 32.1. The van der Waals surface area contributed by atoms with Crippen LogP contribution in [-0.2, 0) is 24.3 Å². The van der Waals surface area contributed by atoms with Gasteiger partial charge in [0.1, 0.15) is 5.82 Å². The number of nitrogens with zero attached hydrogens (tertiary/aromatic N) is 3. The van der Waals surface area contributed by atoms with E-state index in [0.717, 1.165) is 22.9 Å². The predicted octanol–water partition coefficient (Wildman–Crippen LogP) is 3.58. The molecule has 1 aromatic carbocycles. The third-order valence-corrected chi connectivity index (χ3v) is 5.47. The molecule has 0 aliphatic carbocycles. The van der Waals surface area contributed by atoms with Gasteiger partial charge in [-0.1, -0.05) is 36.4 Å². The number of carbonyl (C=O) groups is 1. The average molecular weight is 337 g/mol. The lowest BCUT2D eigenvalue weighted by molar-refractivity contribution is -0.135. The third kappa shape index (κ3) is 2.76. The quantitative estimate of drug-likeness (QED) is 0.733. The number of hydrogen-bond donors (Lipinski definition) is 0. The monoisotopic (exact) mass is 337 g/mol. The standard InChI is InChI=1S/C19H19N3OS/c1-14-11-20-18-13-22(19(23)10-16-8-5-9-24-16)17(12-21(14)18)15-6-3-2-4-7-15/h2-9,11,17H,10,12-13H2,1H3. The van der Waals surface area contributed by atoms with E-state index in [9.17, 15) is 4.79 Å². The maximum Gasteiger partial charge on any atom is 0.228 e. The maximum absolute atomic E-state index is 13.0. The van der Waals surface area contributed by atoms with Crippen LogP contribution in [0.5, 0.6) is 0 Å². The highest BCUT2D eigenvalue weighted by Crippen LogP contribution is 2.31. The van der Waals surface area contributed by atoms with Crippen molar-refractivity contribution in [1.82, 2.24) is 14.5 Å². The normalized spacial score (nSPS) is 16.9. The minimum atomic E-state index is 0.0547. The summed E-state index contributed by atoms with van der Waals surface area (Å²) in [6.07, 6.45) is 2.35. The highest BCUT2D eigenvalue weighted by Gasteiger charge is 2.32. The van der Waals surface area contributed by atoms with Crippen LogP contribution in [0.4, 0.5) is 0 Å². The second-order valence-corrected chi connectivity index (χ2v) is 7.16. The van der Waals surface area contributed by atoms with E-state index < -0.39 is 0 Å². The van der Waals surface area contributed by atoms with Crippen molar-refractivity contribution in [2.24, 2.45) is 0 Å². The van der Waals surface area contributed by atoms with Crippen LogP contribution >= 0.6 is 11.3 Å². The van der Waals surface area contributed by atoms with Gasteiger partial charge in [0.05, 0.1) is 19.0 Å². The molecule has 0 bridgehead atoms. The first kappa shape index (κ1) is 15.1. The predicted molar refractivity (Wildman–Crippen MR) is 94.7 cm³/mol. The molecular weight excluding hydrogens is 318 g/mol. The van der Waals surface area contributed by atoms with E-state index >= 15 is 0 Å². The number of benzene rings is 1. The molecule has 3 heterocycles. The summed E-state index contributed by atoms with van der Waals surface area (Å²) < 4.78 is 2.23. The summed E-state index contributed by atoms with van der Waals surface area (Å²) in [6, 6.07) is 14.4. The van der Waals surface area contributed by atoms with E-state index in [0.29, 0.717) is 13.0 Å². The van der Waals surface area contributed by atoms with Crippen LogP contribution in [0.1, 0.15) is 28.0 Å². The summed E-state index contributed by atoms with van der Waals surface area (Å²) in [6.45, 7) is 3.40. The van der Waals surface area contributed by atoms with Crippen LogP contribution in [-0.4, -0.2) is 20.4 Å². The molecule has 0 saturated carbocycles. The van der Waals surface area contributed by atoms with Gasteiger partial charge in [0.25, 0.3) is 0 Å². The van der Waals surface area contributed by atoms with Crippen molar-refractivity contribution >= 4 is 17.2 Å². The molecule has 0 spiro atoms. The summed E-state index contributed by atoms with van der Waals surface area (Å²) in [5.41, 5.74) is 2.33. The van der Waals surface area contributed by atoms with E-state index in [-0.39, 0.29) is 11.9 Å². The molecule has 5 heteroatoms. The minimum absolute atomic E-state index is 0.0547. The number of imidazole rings is 1. The summed E-state index contributed by atoms with van der Waals surface area (Å²) in [7, 11) is 0. The Kier molecular flexibility index (Phi) is 3.94. The van der Waals surface area contributed by atoms with Gasteiger partial charge in [-0.15, -0.1) is 11.3 Å². The number of amides is 1. The van der Waals surface area contributed by atoms with Gasteiger partial charge >= 0.3 is 0 Å². The maximum atomic E-state index is 13.0.